The lowest BCUT2D eigenvalue weighted by molar-refractivity contribution is 0.794. The first-order valence-corrected chi connectivity index (χ1v) is 24.7. The first kappa shape index (κ1) is 38.2. The van der Waals surface area contributed by atoms with Crippen molar-refractivity contribution in [2.24, 2.45) is 0 Å². The van der Waals surface area contributed by atoms with E-state index in [4.69, 9.17) is 0 Å². The summed E-state index contributed by atoms with van der Waals surface area (Å²) in [5.74, 6) is 0. The van der Waals surface area contributed by atoms with E-state index in [1.807, 2.05) is 0 Å². The Morgan fingerprint density at radius 2 is 0.529 bits per heavy atom. The van der Waals surface area contributed by atoms with Gasteiger partial charge in [-0.3, -0.25) is 0 Å². The van der Waals surface area contributed by atoms with Gasteiger partial charge >= 0.3 is 0 Å². The second-order valence-corrected chi connectivity index (χ2v) is 19.8. The maximum atomic E-state index is 2.52. The summed E-state index contributed by atoms with van der Waals surface area (Å²) in [6.45, 7) is 0. The lowest BCUT2D eigenvalue weighted by Crippen LogP contribution is -2.25. The summed E-state index contributed by atoms with van der Waals surface area (Å²) in [7, 11) is 0. The molecule has 0 saturated carbocycles. The quantitative estimate of drug-likeness (QED) is 0.155. The Morgan fingerprint density at radius 3 is 0.986 bits per heavy atom. The lowest BCUT2D eigenvalue weighted by Gasteiger charge is -2.30. The van der Waals surface area contributed by atoms with Crippen LogP contribution in [0, 0.1) is 0 Å². The predicted octanol–water partition coefficient (Wildman–Crippen LogP) is 17.7. The van der Waals surface area contributed by atoms with Gasteiger partial charge in [0.05, 0.1) is 10.8 Å². The standard InChI is InChI=1S/C70H42/c1-2-16-43(17-3-1)59-40-49(47-35-37-57-55-23-9-15-29-65(55)70(67(57)42-47)62-26-12-6-20-52(62)53-21-7-13-27-63(53)70)38-48-33-31-44-30-32-45(39-58(44)68(48)59)46-34-36-56-54-22-8-14-28-64(54)69(66(56)41-46)60-24-10-4-18-50(60)51-19-5-11-25-61(51)69/h1-42H. The number of hydrogen-bond acceptors (Lipinski definition) is 0. The number of hydrogen-bond donors (Lipinski definition) is 0. The highest BCUT2D eigenvalue weighted by atomic mass is 14.5. The molecular weight excluding hydrogens is 841 g/mol. The van der Waals surface area contributed by atoms with Crippen LogP contribution in [0.25, 0.3) is 99.4 Å². The van der Waals surface area contributed by atoms with E-state index in [1.165, 1.54) is 144 Å². The van der Waals surface area contributed by atoms with Gasteiger partial charge < -0.3 is 0 Å². The van der Waals surface area contributed by atoms with Crippen LogP contribution in [-0.4, -0.2) is 0 Å². The Hall–Kier alpha value is -8.84. The topological polar surface area (TPSA) is 0 Å². The van der Waals surface area contributed by atoms with Gasteiger partial charge in [-0.05, 0) is 174 Å². The zero-order chi connectivity index (χ0) is 45.7. The smallest absolute Gasteiger partial charge is 0.0622 e. The van der Waals surface area contributed by atoms with E-state index >= 15 is 0 Å². The highest BCUT2D eigenvalue weighted by Crippen LogP contribution is 2.65. The third-order valence-corrected chi connectivity index (χ3v) is 16.7. The Bertz CT molecular complexity index is 4110. The highest BCUT2D eigenvalue weighted by Gasteiger charge is 2.53. The van der Waals surface area contributed by atoms with E-state index in [0.29, 0.717) is 0 Å². The van der Waals surface area contributed by atoms with Crippen LogP contribution < -0.4 is 0 Å². The minimum Gasteiger partial charge on any atom is -0.0622 e. The van der Waals surface area contributed by atoms with Crippen LogP contribution in [0.2, 0.25) is 0 Å². The molecule has 0 radical (unpaired) electrons. The van der Waals surface area contributed by atoms with Crippen molar-refractivity contribution in [3.8, 4) is 77.9 Å². The Kier molecular flexibility index (Phi) is 7.57. The van der Waals surface area contributed by atoms with Crippen molar-refractivity contribution >= 4 is 21.5 Å². The normalized spacial score (nSPS) is 14.2. The Morgan fingerprint density at radius 1 is 0.186 bits per heavy atom. The first-order chi connectivity index (χ1) is 34.7. The van der Waals surface area contributed by atoms with E-state index in [1.54, 1.807) is 0 Å². The van der Waals surface area contributed by atoms with E-state index < -0.39 is 5.41 Å². The number of fused-ring (bicyclic) bond motifs is 23. The molecule has 0 heteroatoms. The van der Waals surface area contributed by atoms with Crippen LogP contribution in [0.5, 0.6) is 0 Å². The van der Waals surface area contributed by atoms with Gasteiger partial charge in [0.15, 0.2) is 0 Å². The second kappa shape index (κ2) is 13.9. The molecule has 70 heavy (non-hydrogen) atoms. The molecule has 0 heterocycles. The SMILES string of the molecule is c1ccc(-c2cc(-c3ccc4c(c3)C3(c5ccccc5-c5ccccc53)c3ccccc3-4)cc3ccc4ccc(-c5ccc6c(c5)C5(c7ccccc7-c7ccccc75)c5ccccc5-6)cc4c23)cc1. The van der Waals surface area contributed by atoms with Gasteiger partial charge in [-0.1, -0.05) is 224 Å². The molecule has 2 spiro atoms. The van der Waals surface area contributed by atoms with Crippen LogP contribution in [-0.2, 0) is 10.8 Å². The van der Waals surface area contributed by atoms with Crippen molar-refractivity contribution in [1.82, 2.24) is 0 Å². The maximum Gasteiger partial charge on any atom is 0.0725 e. The summed E-state index contributed by atoms with van der Waals surface area (Å²) in [5, 5.41) is 5.01. The van der Waals surface area contributed by atoms with E-state index in [-0.39, 0.29) is 5.41 Å². The third kappa shape index (κ3) is 4.75. The number of rotatable bonds is 3. The molecule has 16 rings (SSSR count). The van der Waals surface area contributed by atoms with Crippen LogP contribution in [0.3, 0.4) is 0 Å². The van der Waals surface area contributed by atoms with E-state index in [0.717, 1.165) is 0 Å². The summed E-state index contributed by atoms with van der Waals surface area (Å²) >= 11 is 0. The average molecular weight is 883 g/mol. The molecule has 0 bridgehead atoms. The average Bonchev–Trinajstić information content (AvgIpc) is 4.11. The Labute approximate surface area is 407 Å². The van der Waals surface area contributed by atoms with Crippen LogP contribution in [0.4, 0.5) is 0 Å². The maximum absolute atomic E-state index is 2.52. The monoisotopic (exact) mass is 882 g/mol. The van der Waals surface area contributed by atoms with Crippen molar-refractivity contribution < 1.29 is 0 Å². The Balaban J connectivity index is 0.897. The lowest BCUT2D eigenvalue weighted by atomic mass is 9.70. The molecule has 0 aromatic heterocycles. The molecule has 0 aliphatic heterocycles. The fourth-order valence-electron chi connectivity index (χ4n) is 13.9. The second-order valence-electron chi connectivity index (χ2n) is 19.8. The zero-order valence-corrected chi connectivity index (χ0v) is 38.2. The fourth-order valence-corrected chi connectivity index (χ4v) is 13.9. The van der Waals surface area contributed by atoms with Crippen molar-refractivity contribution in [2.45, 2.75) is 10.8 Å². The van der Waals surface area contributed by atoms with Gasteiger partial charge in [0.25, 0.3) is 0 Å². The molecule has 0 nitrogen and oxygen atoms in total. The van der Waals surface area contributed by atoms with Crippen molar-refractivity contribution in [2.75, 3.05) is 0 Å². The molecule has 322 valence electrons. The molecule has 0 fully saturated rings. The van der Waals surface area contributed by atoms with Gasteiger partial charge in [0.2, 0.25) is 0 Å². The molecule has 12 aromatic carbocycles. The molecule has 0 N–H and O–H groups in total. The van der Waals surface area contributed by atoms with Crippen LogP contribution in [0.1, 0.15) is 44.5 Å². The summed E-state index contributed by atoms with van der Waals surface area (Å²) < 4.78 is 0. The summed E-state index contributed by atoms with van der Waals surface area (Å²) in [6, 6.07) is 96.7. The molecule has 4 aliphatic rings. The van der Waals surface area contributed by atoms with E-state index in [9.17, 15) is 0 Å². The molecule has 0 atom stereocenters. The highest BCUT2D eigenvalue weighted by molar-refractivity contribution is 6.16. The van der Waals surface area contributed by atoms with Crippen LogP contribution >= 0.6 is 0 Å². The molecule has 0 saturated heterocycles. The number of benzene rings is 12. The largest absolute Gasteiger partial charge is 0.0725 e. The predicted molar refractivity (Wildman–Crippen MR) is 290 cm³/mol. The fraction of sp³-hybridized carbons (Fsp3) is 0.0286. The summed E-state index contributed by atoms with van der Waals surface area (Å²) in [4.78, 5) is 0. The zero-order valence-electron chi connectivity index (χ0n) is 38.2. The van der Waals surface area contributed by atoms with E-state index in [2.05, 4.69) is 255 Å². The molecule has 0 unspecified atom stereocenters. The van der Waals surface area contributed by atoms with Crippen LogP contribution in [0.15, 0.2) is 255 Å². The summed E-state index contributed by atoms with van der Waals surface area (Å²) in [5.41, 5.74) is 28.1. The molecule has 12 aromatic rings. The van der Waals surface area contributed by atoms with Gasteiger partial charge in [-0.15, -0.1) is 0 Å². The first-order valence-electron chi connectivity index (χ1n) is 24.7. The molecule has 0 amide bonds. The van der Waals surface area contributed by atoms with Crippen molar-refractivity contribution in [3.63, 3.8) is 0 Å². The van der Waals surface area contributed by atoms with Crippen molar-refractivity contribution in [3.05, 3.63) is 299 Å². The van der Waals surface area contributed by atoms with Gasteiger partial charge in [-0.25, -0.2) is 0 Å². The minimum absolute atomic E-state index is 0.389. The van der Waals surface area contributed by atoms with Crippen molar-refractivity contribution in [1.29, 1.82) is 0 Å². The summed E-state index contributed by atoms with van der Waals surface area (Å²) in [6.07, 6.45) is 0. The minimum atomic E-state index is -0.397. The van der Waals surface area contributed by atoms with Gasteiger partial charge in [0.1, 0.15) is 0 Å². The molecular formula is C70H42. The van der Waals surface area contributed by atoms with Gasteiger partial charge in [-0.2, -0.15) is 0 Å². The third-order valence-electron chi connectivity index (χ3n) is 16.7. The van der Waals surface area contributed by atoms with Gasteiger partial charge in [0, 0.05) is 0 Å². The molecule has 4 aliphatic carbocycles.